The lowest BCUT2D eigenvalue weighted by Crippen LogP contribution is -2.34. The largest absolute Gasteiger partial charge is 0.440 e. The molecule has 1 saturated carbocycles. The SMILES string of the molecule is CC(Cc1cccnc1)NC(=O)c1ccc2nc(C3CC3)oc2c1. The quantitative estimate of drug-likeness (QED) is 0.781. The minimum absolute atomic E-state index is 0.0224. The summed E-state index contributed by atoms with van der Waals surface area (Å²) in [5.41, 5.74) is 3.20. The van der Waals surface area contributed by atoms with Gasteiger partial charge in [0.25, 0.3) is 5.91 Å². The molecule has 0 radical (unpaired) electrons. The number of amides is 1. The first-order valence-corrected chi connectivity index (χ1v) is 8.29. The highest BCUT2D eigenvalue weighted by atomic mass is 16.3. The van der Waals surface area contributed by atoms with Crippen LogP contribution in [0.25, 0.3) is 11.1 Å². The maximum absolute atomic E-state index is 12.5. The third-order valence-corrected chi connectivity index (χ3v) is 4.24. The number of carbonyl (C=O) groups excluding carboxylic acids is 1. The Hall–Kier alpha value is -2.69. The van der Waals surface area contributed by atoms with E-state index in [2.05, 4.69) is 15.3 Å². The van der Waals surface area contributed by atoms with Gasteiger partial charge in [0.2, 0.25) is 0 Å². The van der Waals surface area contributed by atoms with Crippen molar-refractivity contribution in [3.63, 3.8) is 0 Å². The van der Waals surface area contributed by atoms with Gasteiger partial charge >= 0.3 is 0 Å². The Bertz CT molecular complexity index is 869. The first kappa shape index (κ1) is 14.9. The van der Waals surface area contributed by atoms with Crippen LogP contribution in [0.1, 0.15) is 47.5 Å². The molecule has 122 valence electrons. The second kappa shape index (κ2) is 6.07. The van der Waals surface area contributed by atoms with Crippen molar-refractivity contribution in [3.05, 3.63) is 59.7 Å². The van der Waals surface area contributed by atoms with Gasteiger partial charge in [-0.2, -0.15) is 0 Å². The van der Waals surface area contributed by atoms with E-state index in [4.69, 9.17) is 4.42 Å². The molecule has 0 aliphatic heterocycles. The van der Waals surface area contributed by atoms with E-state index in [0.29, 0.717) is 17.1 Å². The molecular weight excluding hydrogens is 302 g/mol. The third kappa shape index (κ3) is 3.15. The van der Waals surface area contributed by atoms with Crippen LogP contribution in [0.4, 0.5) is 0 Å². The molecule has 2 heterocycles. The summed E-state index contributed by atoms with van der Waals surface area (Å²) in [6, 6.07) is 9.36. The Morgan fingerprint density at radius 3 is 3.00 bits per heavy atom. The van der Waals surface area contributed by atoms with Crippen LogP contribution in [0, 0.1) is 0 Å². The molecule has 5 heteroatoms. The van der Waals surface area contributed by atoms with Gasteiger partial charge in [0.1, 0.15) is 5.52 Å². The van der Waals surface area contributed by atoms with Gasteiger partial charge in [-0.3, -0.25) is 9.78 Å². The number of rotatable bonds is 5. The average molecular weight is 321 g/mol. The van der Waals surface area contributed by atoms with E-state index in [0.717, 1.165) is 36.2 Å². The molecule has 1 aliphatic rings. The number of fused-ring (bicyclic) bond motifs is 1. The van der Waals surface area contributed by atoms with Crippen LogP contribution in [-0.4, -0.2) is 21.9 Å². The highest BCUT2D eigenvalue weighted by Crippen LogP contribution is 2.40. The number of hydrogen-bond acceptors (Lipinski definition) is 4. The molecule has 1 N–H and O–H groups in total. The fourth-order valence-electron chi connectivity index (χ4n) is 2.82. The van der Waals surface area contributed by atoms with Crippen LogP contribution >= 0.6 is 0 Å². The number of benzene rings is 1. The number of nitrogens with zero attached hydrogens (tertiary/aromatic N) is 2. The lowest BCUT2D eigenvalue weighted by Gasteiger charge is -2.13. The van der Waals surface area contributed by atoms with Crippen LogP contribution in [-0.2, 0) is 6.42 Å². The summed E-state index contributed by atoms with van der Waals surface area (Å²) in [4.78, 5) is 21.0. The second-order valence-corrected chi connectivity index (χ2v) is 6.45. The Morgan fingerprint density at radius 1 is 1.38 bits per heavy atom. The number of nitrogens with one attached hydrogen (secondary N) is 1. The zero-order valence-corrected chi connectivity index (χ0v) is 13.5. The highest BCUT2D eigenvalue weighted by molar-refractivity contribution is 5.97. The molecule has 0 saturated heterocycles. The molecule has 1 aromatic carbocycles. The summed E-state index contributed by atoms with van der Waals surface area (Å²) in [6.45, 7) is 1.99. The Kier molecular flexibility index (Phi) is 3.76. The smallest absolute Gasteiger partial charge is 0.251 e. The Balaban J connectivity index is 1.46. The van der Waals surface area contributed by atoms with Crippen LogP contribution in [0.15, 0.2) is 47.1 Å². The van der Waals surface area contributed by atoms with Gasteiger partial charge in [-0.15, -0.1) is 0 Å². The molecule has 4 rings (SSSR count). The van der Waals surface area contributed by atoms with Crippen molar-refractivity contribution in [2.75, 3.05) is 0 Å². The fraction of sp³-hybridized carbons (Fsp3) is 0.316. The van der Waals surface area contributed by atoms with Crippen LogP contribution in [0.5, 0.6) is 0 Å². The van der Waals surface area contributed by atoms with E-state index in [1.807, 2.05) is 31.3 Å². The van der Waals surface area contributed by atoms with E-state index in [-0.39, 0.29) is 11.9 Å². The number of pyridine rings is 1. The summed E-state index contributed by atoms with van der Waals surface area (Å²) in [5.74, 6) is 1.17. The molecule has 3 aromatic rings. The fourth-order valence-corrected chi connectivity index (χ4v) is 2.82. The standard InChI is InChI=1S/C19H19N3O2/c1-12(9-13-3-2-8-20-11-13)21-18(23)15-6-7-16-17(10-15)24-19(22-16)14-4-5-14/h2-3,6-8,10-12,14H,4-5,9H2,1H3,(H,21,23). The predicted octanol–water partition coefficient (Wildman–Crippen LogP) is 3.46. The molecule has 24 heavy (non-hydrogen) atoms. The van der Waals surface area contributed by atoms with Crippen molar-refractivity contribution < 1.29 is 9.21 Å². The van der Waals surface area contributed by atoms with Gasteiger partial charge in [0.05, 0.1) is 0 Å². The Labute approximate surface area is 140 Å². The summed E-state index contributed by atoms with van der Waals surface area (Å²) in [7, 11) is 0. The van der Waals surface area contributed by atoms with Crippen molar-refractivity contribution in [1.82, 2.24) is 15.3 Å². The zero-order valence-electron chi connectivity index (χ0n) is 13.5. The molecule has 1 amide bonds. The predicted molar refractivity (Wildman–Crippen MR) is 90.9 cm³/mol. The van der Waals surface area contributed by atoms with Crippen molar-refractivity contribution in [2.45, 2.75) is 38.1 Å². The molecule has 2 aromatic heterocycles. The van der Waals surface area contributed by atoms with Crippen LogP contribution in [0.2, 0.25) is 0 Å². The van der Waals surface area contributed by atoms with Gasteiger partial charge in [-0.1, -0.05) is 6.07 Å². The van der Waals surface area contributed by atoms with E-state index in [9.17, 15) is 4.79 Å². The molecule has 1 atom stereocenters. The van der Waals surface area contributed by atoms with E-state index < -0.39 is 0 Å². The monoisotopic (exact) mass is 321 g/mol. The minimum atomic E-state index is -0.0994. The molecule has 1 aliphatic carbocycles. The van der Waals surface area contributed by atoms with Crippen molar-refractivity contribution >= 4 is 17.0 Å². The summed E-state index contributed by atoms with van der Waals surface area (Å²) in [6.07, 6.45) is 6.60. The summed E-state index contributed by atoms with van der Waals surface area (Å²) in [5, 5.41) is 3.02. The lowest BCUT2D eigenvalue weighted by atomic mass is 10.1. The number of carbonyl (C=O) groups is 1. The van der Waals surface area contributed by atoms with Gasteiger partial charge in [-0.05, 0) is 56.0 Å². The lowest BCUT2D eigenvalue weighted by molar-refractivity contribution is 0.0940. The maximum atomic E-state index is 12.5. The first-order chi connectivity index (χ1) is 11.7. The topological polar surface area (TPSA) is 68.0 Å². The van der Waals surface area contributed by atoms with Gasteiger partial charge in [0, 0.05) is 29.9 Å². The molecule has 5 nitrogen and oxygen atoms in total. The molecule has 0 bridgehead atoms. The number of oxazole rings is 1. The second-order valence-electron chi connectivity index (χ2n) is 6.45. The molecule has 1 unspecified atom stereocenters. The maximum Gasteiger partial charge on any atom is 0.251 e. The zero-order chi connectivity index (χ0) is 16.5. The summed E-state index contributed by atoms with van der Waals surface area (Å²) >= 11 is 0. The Morgan fingerprint density at radius 2 is 2.25 bits per heavy atom. The van der Waals surface area contributed by atoms with Gasteiger partial charge in [-0.25, -0.2) is 4.98 Å². The van der Waals surface area contributed by atoms with Gasteiger partial charge < -0.3 is 9.73 Å². The molecule has 1 fully saturated rings. The normalized spacial score (nSPS) is 15.4. The van der Waals surface area contributed by atoms with E-state index >= 15 is 0 Å². The van der Waals surface area contributed by atoms with E-state index in [1.54, 1.807) is 18.3 Å². The van der Waals surface area contributed by atoms with Crippen molar-refractivity contribution in [1.29, 1.82) is 0 Å². The van der Waals surface area contributed by atoms with Crippen LogP contribution < -0.4 is 5.32 Å². The van der Waals surface area contributed by atoms with E-state index in [1.165, 1.54) is 0 Å². The van der Waals surface area contributed by atoms with Crippen molar-refractivity contribution in [2.24, 2.45) is 0 Å². The highest BCUT2D eigenvalue weighted by Gasteiger charge is 2.29. The number of aromatic nitrogens is 2. The molecule has 0 spiro atoms. The average Bonchev–Trinajstić information content (AvgIpc) is 3.34. The first-order valence-electron chi connectivity index (χ1n) is 8.29. The number of hydrogen-bond donors (Lipinski definition) is 1. The third-order valence-electron chi connectivity index (χ3n) is 4.24. The minimum Gasteiger partial charge on any atom is -0.440 e. The molecular formula is C19H19N3O2. The summed E-state index contributed by atoms with van der Waals surface area (Å²) < 4.78 is 5.78. The van der Waals surface area contributed by atoms with Gasteiger partial charge in [0.15, 0.2) is 11.5 Å². The van der Waals surface area contributed by atoms with Crippen LogP contribution in [0.3, 0.4) is 0 Å². The van der Waals surface area contributed by atoms with Crippen molar-refractivity contribution in [3.8, 4) is 0 Å².